The number of nitrogens with zero attached hydrogens (tertiary/aromatic N) is 4. The summed E-state index contributed by atoms with van der Waals surface area (Å²) in [6.45, 7) is 8.63. The van der Waals surface area contributed by atoms with Crippen molar-refractivity contribution in [3.63, 3.8) is 0 Å². The van der Waals surface area contributed by atoms with E-state index < -0.39 is 23.5 Å². The van der Waals surface area contributed by atoms with Crippen molar-refractivity contribution in [3.8, 4) is 5.75 Å². The van der Waals surface area contributed by atoms with Gasteiger partial charge in [-0.1, -0.05) is 25.5 Å². The summed E-state index contributed by atoms with van der Waals surface area (Å²) in [5.74, 6) is 0.901. The number of halogens is 6. The van der Waals surface area contributed by atoms with E-state index in [9.17, 15) is 26.3 Å². The maximum absolute atomic E-state index is 13.8. The molecule has 1 saturated heterocycles. The molecule has 0 saturated carbocycles. The molecule has 0 N–H and O–H groups in total. The first-order valence-electron chi connectivity index (χ1n) is 15.2. The number of morpholine rings is 1. The molecule has 0 radical (unpaired) electrons. The molecule has 46 heavy (non-hydrogen) atoms. The summed E-state index contributed by atoms with van der Waals surface area (Å²) < 4.78 is 93.8. The number of benzene rings is 2. The van der Waals surface area contributed by atoms with Gasteiger partial charge in [0.15, 0.2) is 0 Å². The van der Waals surface area contributed by atoms with Crippen LogP contribution in [-0.4, -0.2) is 49.9 Å². The number of allylic oxidation sites excluding steroid dienone is 1. The quantitative estimate of drug-likeness (QED) is 0.229. The van der Waals surface area contributed by atoms with Crippen LogP contribution in [0.5, 0.6) is 5.75 Å². The highest BCUT2D eigenvalue weighted by Crippen LogP contribution is 2.45. The lowest BCUT2D eigenvalue weighted by Gasteiger charge is -2.36. The molecular weight excluding hydrogens is 610 g/mol. The summed E-state index contributed by atoms with van der Waals surface area (Å²) in [5.41, 5.74) is 1.83. The number of methoxy groups -OCH3 is 1. The first-order valence-corrected chi connectivity index (χ1v) is 15.2. The van der Waals surface area contributed by atoms with E-state index in [4.69, 9.17) is 9.47 Å². The third-order valence-corrected chi connectivity index (χ3v) is 8.54. The van der Waals surface area contributed by atoms with Crippen LogP contribution < -0.4 is 14.5 Å². The number of ether oxygens (including phenoxy) is 2. The molecule has 2 aromatic carbocycles. The van der Waals surface area contributed by atoms with Gasteiger partial charge in [-0.3, -0.25) is 0 Å². The highest BCUT2D eigenvalue weighted by atomic mass is 19.4. The maximum atomic E-state index is 13.8. The zero-order chi connectivity index (χ0) is 33.3. The Morgan fingerprint density at radius 1 is 0.913 bits per heavy atom. The second-order valence-electron chi connectivity index (χ2n) is 12.7. The van der Waals surface area contributed by atoms with Crippen molar-refractivity contribution in [3.05, 3.63) is 82.2 Å². The number of aryl methyl sites for hydroxylation is 1. The molecule has 248 valence electrons. The third kappa shape index (κ3) is 7.94. The normalized spacial score (nSPS) is 17.3. The standard InChI is InChI=1S/C34H38F6N4O2/c1-22-5-6-30(45-4)29(13-22)28-7-8-32(2,3)17-24(28)21-44(31-41-18-27(19-42-31)43-9-11-46-12-10-43)20-23-14-25(33(35,36)37)16-26(15-23)34(38,39)40/h5-6,13-16,18-19H,7-12,17,20-21H2,1-4H3. The number of anilines is 2. The average molecular weight is 649 g/mol. The maximum Gasteiger partial charge on any atom is 0.416 e. The molecule has 5 rings (SSSR count). The van der Waals surface area contributed by atoms with Gasteiger partial charge in [-0.25, -0.2) is 9.97 Å². The molecule has 2 heterocycles. The van der Waals surface area contributed by atoms with E-state index in [0.29, 0.717) is 38.5 Å². The molecule has 0 amide bonds. The van der Waals surface area contributed by atoms with Gasteiger partial charge in [0.05, 0.1) is 49.5 Å². The van der Waals surface area contributed by atoms with Gasteiger partial charge in [-0.2, -0.15) is 26.3 Å². The Balaban J connectivity index is 1.60. The molecule has 2 aliphatic rings. The lowest BCUT2D eigenvalue weighted by atomic mass is 9.72. The SMILES string of the molecule is COc1ccc(C)cc1C1=C(CN(Cc2cc(C(F)(F)F)cc(C(F)(F)F)c2)c2ncc(N3CCOCC3)cn2)CC(C)(C)CC1. The summed E-state index contributed by atoms with van der Waals surface area (Å²) >= 11 is 0. The molecule has 1 fully saturated rings. The number of aromatic nitrogens is 2. The summed E-state index contributed by atoms with van der Waals surface area (Å²) in [7, 11) is 1.60. The Morgan fingerprint density at radius 2 is 1.54 bits per heavy atom. The fraction of sp³-hybridized carbons (Fsp3) is 0.471. The zero-order valence-electron chi connectivity index (χ0n) is 26.4. The highest BCUT2D eigenvalue weighted by molar-refractivity contribution is 5.75. The summed E-state index contributed by atoms with van der Waals surface area (Å²) in [6.07, 6.45) is -4.35. The summed E-state index contributed by atoms with van der Waals surface area (Å²) in [5, 5.41) is 0. The minimum Gasteiger partial charge on any atom is -0.496 e. The van der Waals surface area contributed by atoms with Crippen molar-refractivity contribution in [1.82, 2.24) is 9.97 Å². The van der Waals surface area contributed by atoms with Gasteiger partial charge in [0.2, 0.25) is 5.95 Å². The van der Waals surface area contributed by atoms with Crippen molar-refractivity contribution < 1.29 is 35.8 Å². The predicted octanol–water partition coefficient (Wildman–Crippen LogP) is 8.34. The molecule has 12 heteroatoms. The van der Waals surface area contributed by atoms with Gasteiger partial charge < -0.3 is 19.3 Å². The highest BCUT2D eigenvalue weighted by Gasteiger charge is 2.37. The minimum absolute atomic E-state index is 0.0811. The van der Waals surface area contributed by atoms with Gasteiger partial charge in [0.1, 0.15) is 5.75 Å². The van der Waals surface area contributed by atoms with Crippen LogP contribution in [-0.2, 0) is 23.6 Å². The molecule has 6 nitrogen and oxygen atoms in total. The van der Waals surface area contributed by atoms with E-state index in [1.807, 2.05) is 25.1 Å². The molecule has 0 spiro atoms. The summed E-state index contributed by atoms with van der Waals surface area (Å²) in [6, 6.07) is 7.60. The van der Waals surface area contributed by atoms with Crippen molar-refractivity contribution in [2.24, 2.45) is 5.41 Å². The monoisotopic (exact) mass is 648 g/mol. The van der Waals surface area contributed by atoms with Crippen LogP contribution >= 0.6 is 0 Å². The lowest BCUT2D eigenvalue weighted by molar-refractivity contribution is -0.143. The lowest BCUT2D eigenvalue weighted by Crippen LogP contribution is -2.36. The van der Waals surface area contributed by atoms with Gasteiger partial charge in [-0.05, 0) is 78.6 Å². The van der Waals surface area contributed by atoms with Crippen LogP contribution in [0.4, 0.5) is 38.0 Å². The Labute approximate surface area is 265 Å². The summed E-state index contributed by atoms with van der Waals surface area (Å²) in [4.78, 5) is 12.9. The van der Waals surface area contributed by atoms with Crippen molar-refractivity contribution >= 4 is 17.2 Å². The van der Waals surface area contributed by atoms with E-state index in [1.54, 1.807) is 24.4 Å². The molecule has 1 aliphatic heterocycles. The van der Waals surface area contributed by atoms with Crippen molar-refractivity contribution in [1.29, 1.82) is 0 Å². The van der Waals surface area contributed by atoms with E-state index in [-0.39, 0.29) is 36.1 Å². The third-order valence-electron chi connectivity index (χ3n) is 8.54. The molecule has 0 unspecified atom stereocenters. The van der Waals surface area contributed by atoms with E-state index in [1.165, 1.54) is 0 Å². The molecule has 0 bridgehead atoms. The first kappa shape index (κ1) is 33.6. The van der Waals surface area contributed by atoms with E-state index >= 15 is 0 Å². The van der Waals surface area contributed by atoms with E-state index in [0.717, 1.165) is 52.9 Å². The van der Waals surface area contributed by atoms with Gasteiger partial charge >= 0.3 is 12.4 Å². The largest absolute Gasteiger partial charge is 0.496 e. The Hall–Kier alpha value is -3.80. The number of hydrogen-bond acceptors (Lipinski definition) is 6. The zero-order valence-corrected chi connectivity index (χ0v) is 26.4. The van der Waals surface area contributed by atoms with Crippen LogP contribution in [0.2, 0.25) is 0 Å². The van der Waals surface area contributed by atoms with Crippen LogP contribution in [0, 0.1) is 12.3 Å². The molecule has 1 aromatic heterocycles. The van der Waals surface area contributed by atoms with Gasteiger partial charge in [0.25, 0.3) is 0 Å². The predicted molar refractivity (Wildman–Crippen MR) is 165 cm³/mol. The second kappa shape index (κ2) is 13.1. The van der Waals surface area contributed by atoms with Crippen LogP contribution in [0.3, 0.4) is 0 Å². The van der Waals surface area contributed by atoms with Gasteiger partial charge in [-0.15, -0.1) is 0 Å². The molecule has 0 atom stereocenters. The van der Waals surface area contributed by atoms with Crippen molar-refractivity contribution in [2.75, 3.05) is 49.8 Å². The van der Waals surface area contributed by atoms with Crippen LogP contribution in [0.25, 0.3) is 5.57 Å². The fourth-order valence-electron chi connectivity index (χ4n) is 6.17. The Kier molecular flexibility index (Phi) is 9.58. The molecule has 1 aliphatic carbocycles. The Bertz CT molecular complexity index is 1530. The molecule has 3 aromatic rings. The smallest absolute Gasteiger partial charge is 0.416 e. The second-order valence-corrected chi connectivity index (χ2v) is 12.7. The number of rotatable bonds is 8. The number of alkyl halides is 6. The average Bonchev–Trinajstić information content (AvgIpc) is 3.00. The number of hydrogen-bond donors (Lipinski definition) is 0. The van der Waals surface area contributed by atoms with Gasteiger partial charge in [0, 0.05) is 31.7 Å². The Morgan fingerprint density at radius 3 is 2.13 bits per heavy atom. The van der Waals surface area contributed by atoms with Crippen molar-refractivity contribution in [2.45, 2.75) is 58.9 Å². The van der Waals surface area contributed by atoms with Crippen LogP contribution in [0.15, 0.2) is 54.4 Å². The minimum atomic E-state index is -4.96. The topological polar surface area (TPSA) is 50.7 Å². The van der Waals surface area contributed by atoms with E-state index in [2.05, 4.69) is 28.7 Å². The van der Waals surface area contributed by atoms with Crippen LogP contribution in [0.1, 0.15) is 60.9 Å². The fourth-order valence-corrected chi connectivity index (χ4v) is 6.17. The molecular formula is C34H38F6N4O2. The first-order chi connectivity index (χ1) is 21.6.